The van der Waals surface area contributed by atoms with Crippen molar-refractivity contribution in [2.45, 2.75) is 13.5 Å². The Hall–Kier alpha value is -3.84. The van der Waals surface area contributed by atoms with Crippen molar-refractivity contribution in [3.63, 3.8) is 0 Å². The summed E-state index contributed by atoms with van der Waals surface area (Å²) >= 11 is 5.92. The van der Waals surface area contributed by atoms with Gasteiger partial charge < -0.3 is 15.4 Å². The van der Waals surface area contributed by atoms with E-state index < -0.39 is 0 Å². The van der Waals surface area contributed by atoms with Crippen molar-refractivity contribution in [2.75, 3.05) is 10.6 Å². The summed E-state index contributed by atoms with van der Waals surface area (Å²) in [6, 6.07) is 18.9. The van der Waals surface area contributed by atoms with Crippen molar-refractivity contribution in [1.82, 2.24) is 9.38 Å². The van der Waals surface area contributed by atoms with Gasteiger partial charge in [0, 0.05) is 23.6 Å². The predicted molar refractivity (Wildman–Crippen MR) is 121 cm³/mol. The number of nitrogens with zero attached hydrogens (tertiary/aromatic N) is 2. The van der Waals surface area contributed by atoms with E-state index in [0.717, 1.165) is 11.3 Å². The van der Waals surface area contributed by atoms with Gasteiger partial charge in [-0.3, -0.25) is 9.20 Å². The quantitative estimate of drug-likeness (QED) is 0.469. The largest absolute Gasteiger partial charge is 0.487 e. The predicted octanol–water partition coefficient (Wildman–Crippen LogP) is 4.88. The molecule has 4 aromatic rings. The number of hydrogen-bond acceptors (Lipinski definition) is 4. The van der Waals surface area contributed by atoms with Crippen LogP contribution in [0.25, 0.3) is 5.65 Å². The minimum absolute atomic E-state index is 0.134. The van der Waals surface area contributed by atoms with E-state index >= 15 is 0 Å². The van der Waals surface area contributed by atoms with Crippen LogP contribution in [0.4, 0.5) is 16.2 Å². The third-order valence-corrected chi connectivity index (χ3v) is 4.79. The molecule has 0 saturated carbocycles. The normalized spacial score (nSPS) is 10.6. The lowest BCUT2D eigenvalue weighted by Crippen LogP contribution is -2.19. The van der Waals surface area contributed by atoms with Crippen LogP contribution in [0, 0.1) is 6.92 Å². The number of para-hydroxylation sites is 1. The van der Waals surface area contributed by atoms with Crippen molar-refractivity contribution < 1.29 is 9.53 Å². The second kappa shape index (κ2) is 8.89. The number of anilines is 2. The molecule has 31 heavy (non-hydrogen) atoms. The monoisotopic (exact) mass is 434 g/mol. The van der Waals surface area contributed by atoms with Crippen molar-refractivity contribution >= 4 is 34.7 Å². The lowest BCUT2D eigenvalue weighted by atomic mass is 10.2. The fourth-order valence-corrected chi connectivity index (χ4v) is 3.15. The highest BCUT2D eigenvalue weighted by Crippen LogP contribution is 2.18. The van der Waals surface area contributed by atoms with Crippen LogP contribution < -0.4 is 20.9 Å². The minimum atomic E-state index is -0.330. The second-order valence-corrected chi connectivity index (χ2v) is 7.30. The number of benzene rings is 2. The Morgan fingerprint density at radius 2 is 1.84 bits per heavy atom. The highest BCUT2D eigenvalue weighted by atomic mass is 35.5. The Morgan fingerprint density at radius 3 is 2.61 bits per heavy atom. The zero-order valence-electron chi connectivity index (χ0n) is 16.6. The van der Waals surface area contributed by atoms with Crippen LogP contribution in [-0.4, -0.2) is 15.4 Å². The molecule has 156 valence electrons. The number of rotatable bonds is 5. The molecule has 2 amide bonds. The number of nitrogens with one attached hydrogen (secondary N) is 2. The Morgan fingerprint density at radius 1 is 1.06 bits per heavy atom. The minimum Gasteiger partial charge on any atom is -0.487 e. The molecule has 0 aliphatic carbocycles. The van der Waals surface area contributed by atoms with E-state index in [1.54, 1.807) is 36.4 Å². The molecule has 8 heteroatoms. The van der Waals surface area contributed by atoms with Crippen molar-refractivity contribution in [1.29, 1.82) is 0 Å². The van der Waals surface area contributed by atoms with Crippen LogP contribution in [0.1, 0.15) is 11.3 Å². The van der Waals surface area contributed by atoms with Crippen molar-refractivity contribution in [2.24, 2.45) is 0 Å². The van der Waals surface area contributed by atoms with Crippen LogP contribution in [0.5, 0.6) is 5.75 Å². The Kier molecular flexibility index (Phi) is 5.86. The number of hydrogen-bond donors (Lipinski definition) is 2. The molecule has 4 rings (SSSR count). The molecule has 0 radical (unpaired) electrons. The molecule has 0 aliphatic heterocycles. The SMILES string of the molecule is Cc1ccccc1NC(=O)Nc1ccc(OCc2cc(=O)n3cc(Cl)ccc3n2)cc1. The number of urea groups is 1. The summed E-state index contributed by atoms with van der Waals surface area (Å²) in [4.78, 5) is 28.8. The van der Waals surface area contributed by atoms with E-state index in [4.69, 9.17) is 16.3 Å². The average Bonchev–Trinajstić information content (AvgIpc) is 2.75. The summed E-state index contributed by atoms with van der Waals surface area (Å²) in [5.41, 5.74) is 3.12. The molecule has 7 nitrogen and oxygen atoms in total. The van der Waals surface area contributed by atoms with Gasteiger partial charge in [-0.05, 0) is 55.0 Å². The average molecular weight is 435 g/mol. The lowest BCUT2D eigenvalue weighted by molar-refractivity contribution is 0.262. The first-order valence-electron chi connectivity index (χ1n) is 9.52. The van der Waals surface area contributed by atoms with Crippen LogP contribution in [0.15, 0.2) is 77.7 Å². The molecular formula is C23H19ClN4O3. The highest BCUT2D eigenvalue weighted by molar-refractivity contribution is 6.30. The Balaban J connectivity index is 1.37. The third kappa shape index (κ3) is 5.02. The first-order chi connectivity index (χ1) is 15.0. The molecule has 2 N–H and O–H groups in total. The number of carbonyl (C=O) groups excluding carboxylic acids is 1. The van der Waals surface area contributed by atoms with Crippen molar-refractivity contribution in [3.05, 3.63) is 99.6 Å². The zero-order valence-corrected chi connectivity index (χ0v) is 17.4. The summed E-state index contributed by atoms with van der Waals surface area (Å²) in [6.07, 6.45) is 1.53. The van der Waals surface area contributed by atoms with Gasteiger partial charge in [-0.15, -0.1) is 0 Å². The standard InChI is InChI=1S/C23H19ClN4O3/c1-15-4-2-3-5-20(15)27-23(30)26-17-7-9-19(10-8-17)31-14-18-12-22(29)28-13-16(24)6-11-21(28)25-18/h2-13H,14H2,1H3,(H2,26,27,30). The fraction of sp³-hybridized carbons (Fsp3) is 0.0870. The number of carbonyl (C=O) groups is 1. The van der Waals surface area contributed by atoms with Gasteiger partial charge in [0.05, 0.1) is 10.7 Å². The molecule has 2 aromatic heterocycles. The molecule has 0 bridgehead atoms. The molecule has 0 fully saturated rings. The van der Waals surface area contributed by atoms with Gasteiger partial charge in [0.1, 0.15) is 18.0 Å². The van der Waals surface area contributed by atoms with E-state index in [0.29, 0.717) is 27.8 Å². The maximum absolute atomic E-state index is 12.2. The zero-order chi connectivity index (χ0) is 21.8. The summed E-state index contributed by atoms with van der Waals surface area (Å²) in [5.74, 6) is 0.586. The maximum Gasteiger partial charge on any atom is 0.323 e. The van der Waals surface area contributed by atoms with Gasteiger partial charge in [0.15, 0.2) is 0 Å². The Bertz CT molecular complexity index is 1300. The number of halogens is 1. The van der Waals surface area contributed by atoms with Gasteiger partial charge in [-0.1, -0.05) is 29.8 Å². The molecule has 2 heterocycles. The molecule has 0 saturated heterocycles. The second-order valence-electron chi connectivity index (χ2n) is 6.87. The van der Waals surface area contributed by atoms with E-state index in [-0.39, 0.29) is 18.2 Å². The molecular weight excluding hydrogens is 416 g/mol. The Labute approximate surface area is 183 Å². The van der Waals surface area contributed by atoms with Crippen LogP contribution in [-0.2, 0) is 6.61 Å². The molecule has 0 unspecified atom stereocenters. The first-order valence-corrected chi connectivity index (χ1v) is 9.90. The van der Waals surface area contributed by atoms with Crippen molar-refractivity contribution in [3.8, 4) is 5.75 Å². The summed E-state index contributed by atoms with van der Waals surface area (Å²) in [6.45, 7) is 2.06. The fourth-order valence-electron chi connectivity index (χ4n) is 2.99. The van der Waals surface area contributed by atoms with Crippen LogP contribution >= 0.6 is 11.6 Å². The third-order valence-electron chi connectivity index (χ3n) is 4.57. The van der Waals surface area contributed by atoms with E-state index in [9.17, 15) is 9.59 Å². The lowest BCUT2D eigenvalue weighted by Gasteiger charge is -2.11. The van der Waals surface area contributed by atoms with E-state index in [2.05, 4.69) is 15.6 Å². The number of pyridine rings is 1. The van der Waals surface area contributed by atoms with E-state index in [1.165, 1.54) is 16.7 Å². The smallest absolute Gasteiger partial charge is 0.323 e. The number of fused-ring (bicyclic) bond motifs is 1. The van der Waals surface area contributed by atoms with Crippen LogP contribution in [0.3, 0.4) is 0 Å². The first kappa shape index (κ1) is 20.4. The van der Waals surface area contributed by atoms with Gasteiger partial charge in [-0.2, -0.15) is 0 Å². The summed E-state index contributed by atoms with van der Waals surface area (Å²) < 4.78 is 7.11. The molecule has 0 spiro atoms. The maximum atomic E-state index is 12.2. The van der Waals surface area contributed by atoms with Gasteiger partial charge >= 0.3 is 6.03 Å². The topological polar surface area (TPSA) is 84.7 Å². The van der Waals surface area contributed by atoms with E-state index in [1.807, 2.05) is 31.2 Å². The van der Waals surface area contributed by atoms with Gasteiger partial charge in [0.2, 0.25) is 0 Å². The number of ether oxygens (including phenoxy) is 1. The van der Waals surface area contributed by atoms with Gasteiger partial charge in [0.25, 0.3) is 5.56 Å². The number of amides is 2. The summed E-state index contributed by atoms with van der Waals surface area (Å²) in [7, 11) is 0. The number of aryl methyl sites for hydroxylation is 1. The van der Waals surface area contributed by atoms with Crippen LogP contribution in [0.2, 0.25) is 5.02 Å². The highest BCUT2D eigenvalue weighted by Gasteiger charge is 2.06. The number of aromatic nitrogens is 2. The summed E-state index contributed by atoms with van der Waals surface area (Å²) in [5, 5.41) is 6.05. The molecule has 0 aliphatic rings. The van der Waals surface area contributed by atoms with Gasteiger partial charge in [-0.25, -0.2) is 9.78 Å². The molecule has 0 atom stereocenters. The molecule has 2 aromatic carbocycles.